The molecule has 1 aromatic rings. The van der Waals surface area contributed by atoms with Crippen molar-refractivity contribution < 1.29 is 42.9 Å². The van der Waals surface area contributed by atoms with Crippen molar-refractivity contribution in [3.05, 3.63) is 52.1 Å². The van der Waals surface area contributed by atoms with E-state index in [-0.39, 0.29) is 12.0 Å². The van der Waals surface area contributed by atoms with Crippen LogP contribution in [0.1, 0.15) is 52.5 Å². The highest BCUT2D eigenvalue weighted by Crippen LogP contribution is 2.53. The van der Waals surface area contributed by atoms with E-state index in [1.807, 2.05) is 0 Å². The van der Waals surface area contributed by atoms with E-state index in [1.54, 1.807) is 45.2 Å². The number of para-hydroxylation sites is 1. The standard InChI is InChI=1S/C29H35ClF2N2O7/c1-13-11-19-17(15(3)25(31)32)10-9-14(2)29(19,38)24(23(13)39-16(4)35)40-26(36)21-12-28(37)18-7-6-8-20(30)22(18)34(5)41-27(28)33-21/h6-8,11,14,17,19,21,23-24,27,33,37-38H,9-10,12H2,1-5H3/t14-,17+,19+,21+,23-,24+,27-,28-,29-/m1/s1. The fourth-order valence-electron chi connectivity index (χ4n) is 7.11. The number of esters is 2. The van der Waals surface area contributed by atoms with Crippen LogP contribution in [-0.2, 0) is 29.5 Å². The first-order valence-electron chi connectivity index (χ1n) is 13.7. The summed E-state index contributed by atoms with van der Waals surface area (Å²) in [7, 11) is 1.63. The molecule has 4 aliphatic rings. The Hall–Kier alpha value is -2.57. The molecule has 0 amide bonds. The number of rotatable bonds is 4. The molecule has 1 aromatic carbocycles. The summed E-state index contributed by atoms with van der Waals surface area (Å²) in [4.78, 5) is 31.7. The minimum absolute atomic E-state index is 0.133. The van der Waals surface area contributed by atoms with E-state index in [2.05, 4.69) is 5.32 Å². The molecule has 41 heavy (non-hydrogen) atoms. The van der Waals surface area contributed by atoms with Gasteiger partial charge in [0, 0.05) is 31.9 Å². The van der Waals surface area contributed by atoms with Gasteiger partial charge in [0.25, 0.3) is 6.08 Å². The lowest BCUT2D eigenvalue weighted by Crippen LogP contribution is -2.66. The first-order chi connectivity index (χ1) is 19.2. The van der Waals surface area contributed by atoms with Gasteiger partial charge in [0.15, 0.2) is 18.4 Å². The van der Waals surface area contributed by atoms with Gasteiger partial charge in [-0.05, 0) is 55.7 Å². The highest BCUT2D eigenvalue weighted by molar-refractivity contribution is 6.33. The summed E-state index contributed by atoms with van der Waals surface area (Å²) in [5, 5.41) is 28.7. The van der Waals surface area contributed by atoms with Crippen molar-refractivity contribution in [2.75, 3.05) is 12.1 Å². The quantitative estimate of drug-likeness (QED) is 0.351. The largest absolute Gasteiger partial charge is 0.454 e. The monoisotopic (exact) mass is 596 g/mol. The SMILES string of the molecule is CC(=O)O[C@@H]1C(C)=C[C@H]2[C@H](C(C)=C(F)F)CC[C@@H](C)[C@]2(O)[C@H]1OC(=O)[C@@H]1C[C@@]2(O)c3cccc(Cl)c3N(C)O[C@H]2N1. The highest BCUT2D eigenvalue weighted by atomic mass is 35.5. The number of fused-ring (bicyclic) bond motifs is 4. The Morgan fingerprint density at radius 3 is 2.56 bits per heavy atom. The maximum absolute atomic E-state index is 13.8. The third-order valence-electron chi connectivity index (χ3n) is 9.30. The number of ether oxygens (including phenoxy) is 2. The molecule has 1 saturated carbocycles. The predicted octanol–water partition coefficient (Wildman–Crippen LogP) is 3.96. The number of hydroxylamine groups is 1. The van der Waals surface area contributed by atoms with Crippen LogP contribution in [-0.4, -0.2) is 59.3 Å². The number of hydrogen-bond acceptors (Lipinski definition) is 9. The Kier molecular flexibility index (Phi) is 7.74. The van der Waals surface area contributed by atoms with E-state index in [0.717, 1.165) is 0 Å². The molecule has 5 rings (SSSR count). The molecular weight excluding hydrogens is 562 g/mol. The van der Waals surface area contributed by atoms with Crippen LogP contribution in [0.25, 0.3) is 0 Å². The first kappa shape index (κ1) is 29.9. The van der Waals surface area contributed by atoms with Gasteiger partial charge < -0.3 is 19.7 Å². The fraction of sp³-hybridized carbons (Fsp3) is 0.586. The molecule has 2 fully saturated rings. The van der Waals surface area contributed by atoms with E-state index in [9.17, 15) is 28.6 Å². The van der Waals surface area contributed by atoms with Gasteiger partial charge in [-0.15, -0.1) is 0 Å². The fourth-order valence-corrected chi connectivity index (χ4v) is 7.40. The number of nitrogens with zero attached hydrogens (tertiary/aromatic N) is 1. The van der Waals surface area contributed by atoms with Gasteiger partial charge in [-0.1, -0.05) is 36.7 Å². The van der Waals surface area contributed by atoms with Gasteiger partial charge in [-0.3, -0.25) is 24.8 Å². The second kappa shape index (κ2) is 10.6. The summed E-state index contributed by atoms with van der Waals surface area (Å²) in [6.07, 6.45) is -3.01. The van der Waals surface area contributed by atoms with E-state index >= 15 is 0 Å². The van der Waals surface area contributed by atoms with Gasteiger partial charge in [-0.2, -0.15) is 8.78 Å². The van der Waals surface area contributed by atoms with Crippen molar-refractivity contribution in [3.8, 4) is 0 Å². The molecule has 2 heterocycles. The number of aliphatic hydroxyl groups is 2. The van der Waals surface area contributed by atoms with Crippen LogP contribution in [0.3, 0.4) is 0 Å². The number of hydrogen-bond donors (Lipinski definition) is 3. The van der Waals surface area contributed by atoms with E-state index in [1.165, 1.54) is 18.9 Å². The van der Waals surface area contributed by atoms with Crippen LogP contribution >= 0.6 is 11.6 Å². The second-order valence-corrected chi connectivity index (χ2v) is 12.1. The number of carbonyl (C=O) groups excluding carboxylic acids is 2. The summed E-state index contributed by atoms with van der Waals surface area (Å²) >= 11 is 6.37. The molecule has 12 heteroatoms. The van der Waals surface area contributed by atoms with Gasteiger partial charge in [0.05, 0.1) is 10.7 Å². The minimum Gasteiger partial charge on any atom is -0.454 e. The molecule has 0 unspecified atom stereocenters. The molecule has 9 atom stereocenters. The molecule has 1 saturated heterocycles. The van der Waals surface area contributed by atoms with Crippen LogP contribution in [0.4, 0.5) is 14.5 Å². The third kappa shape index (κ3) is 4.75. The zero-order valence-electron chi connectivity index (χ0n) is 23.5. The Balaban J connectivity index is 1.49. The summed E-state index contributed by atoms with van der Waals surface area (Å²) in [5.41, 5.74) is -2.15. The smallest absolute Gasteiger partial charge is 0.323 e. The van der Waals surface area contributed by atoms with Crippen LogP contribution < -0.4 is 10.4 Å². The first-order valence-corrected chi connectivity index (χ1v) is 14.1. The van der Waals surface area contributed by atoms with Crippen molar-refractivity contribution >= 4 is 29.2 Å². The zero-order valence-corrected chi connectivity index (χ0v) is 24.2. The minimum atomic E-state index is -1.81. The molecule has 224 valence electrons. The summed E-state index contributed by atoms with van der Waals surface area (Å²) in [5.74, 6) is -3.46. The molecule has 0 radical (unpaired) electrons. The van der Waals surface area contributed by atoms with Crippen molar-refractivity contribution in [3.63, 3.8) is 0 Å². The summed E-state index contributed by atoms with van der Waals surface area (Å²) < 4.78 is 39.1. The third-order valence-corrected chi connectivity index (χ3v) is 9.60. The van der Waals surface area contributed by atoms with Gasteiger partial charge >= 0.3 is 11.9 Å². The molecule has 0 spiro atoms. The Bertz CT molecular complexity index is 1320. The highest BCUT2D eigenvalue weighted by Gasteiger charge is 2.62. The Morgan fingerprint density at radius 1 is 1.20 bits per heavy atom. The number of benzene rings is 1. The summed E-state index contributed by atoms with van der Waals surface area (Å²) in [6, 6.07) is 3.98. The maximum atomic E-state index is 13.8. The lowest BCUT2D eigenvalue weighted by atomic mass is 9.56. The number of carbonyl (C=O) groups is 2. The van der Waals surface area contributed by atoms with Crippen LogP contribution in [0.5, 0.6) is 0 Å². The van der Waals surface area contributed by atoms with E-state index in [4.69, 9.17) is 25.9 Å². The number of nitrogens with one attached hydrogen (secondary N) is 1. The van der Waals surface area contributed by atoms with Gasteiger partial charge in [0.2, 0.25) is 0 Å². The van der Waals surface area contributed by atoms with Crippen molar-refractivity contribution in [1.82, 2.24) is 5.32 Å². The Labute approximate surface area is 242 Å². The molecule has 2 aliphatic heterocycles. The molecular formula is C29H35ClF2N2O7. The van der Waals surface area contributed by atoms with Crippen LogP contribution in [0.2, 0.25) is 5.02 Å². The lowest BCUT2D eigenvalue weighted by molar-refractivity contribution is -0.221. The van der Waals surface area contributed by atoms with Crippen LogP contribution in [0, 0.1) is 17.8 Å². The normalized spacial score (nSPS) is 37.8. The molecule has 3 N–H and O–H groups in total. The topological polar surface area (TPSA) is 118 Å². The molecule has 9 nitrogen and oxygen atoms in total. The molecule has 0 bridgehead atoms. The van der Waals surface area contributed by atoms with Gasteiger partial charge in [-0.25, -0.2) is 0 Å². The number of anilines is 1. The number of halogens is 3. The van der Waals surface area contributed by atoms with Crippen molar-refractivity contribution in [2.45, 2.75) is 82.6 Å². The maximum Gasteiger partial charge on any atom is 0.323 e. The van der Waals surface area contributed by atoms with Crippen molar-refractivity contribution in [2.24, 2.45) is 17.8 Å². The van der Waals surface area contributed by atoms with Crippen LogP contribution in [0.15, 0.2) is 41.5 Å². The molecule has 2 aliphatic carbocycles. The summed E-state index contributed by atoms with van der Waals surface area (Å²) in [6.45, 7) is 5.97. The number of allylic oxidation sites excluding steroid dienone is 1. The Morgan fingerprint density at radius 2 is 1.90 bits per heavy atom. The average Bonchev–Trinajstić information content (AvgIpc) is 3.25. The van der Waals surface area contributed by atoms with E-state index < -0.39 is 71.5 Å². The lowest BCUT2D eigenvalue weighted by Gasteiger charge is -2.55. The second-order valence-electron chi connectivity index (χ2n) is 11.7. The predicted molar refractivity (Wildman–Crippen MR) is 145 cm³/mol. The molecule has 0 aromatic heterocycles. The van der Waals surface area contributed by atoms with Crippen molar-refractivity contribution in [1.29, 1.82) is 0 Å². The zero-order chi connectivity index (χ0) is 30.0. The van der Waals surface area contributed by atoms with E-state index in [0.29, 0.717) is 34.7 Å². The average molecular weight is 597 g/mol. The van der Waals surface area contributed by atoms with Gasteiger partial charge in [0.1, 0.15) is 17.2 Å².